The molecule has 1 aromatic carbocycles. The fraction of sp³-hybridized carbons (Fsp3) is 0.300. The average molecular weight is 380 g/mol. The van der Waals surface area contributed by atoms with Crippen LogP contribution in [-0.4, -0.2) is 10.0 Å². The molecule has 0 saturated carbocycles. The van der Waals surface area contributed by atoms with E-state index in [1.165, 1.54) is 19.9 Å². The first-order valence-electron chi connectivity index (χ1n) is 4.75. The van der Waals surface area contributed by atoms with Crippen LogP contribution in [0.25, 0.3) is 0 Å². The summed E-state index contributed by atoms with van der Waals surface area (Å²) in [4.78, 5) is 10.3. The Morgan fingerprint density at radius 2 is 2.28 bits per heavy atom. The van der Waals surface area contributed by atoms with Gasteiger partial charge >= 0.3 is 5.69 Å². The molecular formula is C10H9IN2O4S. The molecule has 6 nitrogen and oxygen atoms in total. The molecule has 0 bridgehead atoms. The van der Waals surface area contributed by atoms with Gasteiger partial charge in [0.2, 0.25) is 0 Å². The van der Waals surface area contributed by atoms with Crippen molar-refractivity contribution in [1.29, 1.82) is 5.26 Å². The minimum absolute atomic E-state index is 0.236. The summed E-state index contributed by atoms with van der Waals surface area (Å²) >= 11 is 1.86. The summed E-state index contributed by atoms with van der Waals surface area (Å²) in [5.41, 5.74) is 0.584. The maximum absolute atomic E-state index is 10.9. The van der Waals surface area contributed by atoms with E-state index >= 15 is 0 Å². The van der Waals surface area contributed by atoms with Gasteiger partial charge in [0.1, 0.15) is 6.07 Å². The SMILES string of the molecule is Cc1cc(C(C#N)OSI)c(C)c([N+](=O)[O-])c1O. The van der Waals surface area contributed by atoms with Gasteiger partial charge < -0.3 is 5.11 Å². The molecule has 1 N–H and O–H groups in total. The highest BCUT2D eigenvalue weighted by molar-refractivity contribution is 14.2. The highest BCUT2D eigenvalue weighted by atomic mass is 127. The van der Waals surface area contributed by atoms with E-state index in [0.29, 0.717) is 11.1 Å². The number of aromatic hydroxyl groups is 1. The normalized spacial score (nSPS) is 11.9. The summed E-state index contributed by atoms with van der Waals surface area (Å²) in [6.07, 6.45) is -0.912. The van der Waals surface area contributed by atoms with E-state index in [4.69, 9.17) is 9.44 Å². The molecule has 18 heavy (non-hydrogen) atoms. The molecule has 8 heteroatoms. The summed E-state index contributed by atoms with van der Waals surface area (Å²) in [7, 11) is 0.977. The number of benzene rings is 1. The van der Waals surface area contributed by atoms with Crippen LogP contribution in [0.15, 0.2) is 6.07 Å². The number of nitrogens with zero attached hydrogens (tertiary/aromatic N) is 2. The second kappa shape index (κ2) is 6.21. The smallest absolute Gasteiger partial charge is 0.314 e. The van der Waals surface area contributed by atoms with Crippen LogP contribution >= 0.6 is 30.4 Å². The first-order valence-corrected chi connectivity index (χ1v) is 8.03. The first-order chi connectivity index (χ1) is 8.43. The number of phenolic OH excluding ortho intramolecular Hbond substituents is 1. The third-order valence-corrected chi connectivity index (χ3v) is 3.36. The van der Waals surface area contributed by atoms with Crippen LogP contribution in [0.5, 0.6) is 5.75 Å². The van der Waals surface area contributed by atoms with Crippen LogP contribution in [0, 0.1) is 35.3 Å². The molecule has 0 spiro atoms. The van der Waals surface area contributed by atoms with Gasteiger partial charge in [-0.25, -0.2) is 0 Å². The highest BCUT2D eigenvalue weighted by Gasteiger charge is 2.26. The molecule has 0 aliphatic carbocycles. The van der Waals surface area contributed by atoms with Gasteiger partial charge in [0.15, 0.2) is 11.9 Å². The van der Waals surface area contributed by atoms with Crippen LogP contribution in [-0.2, 0) is 4.18 Å². The van der Waals surface area contributed by atoms with Gasteiger partial charge in [0.05, 0.1) is 14.1 Å². The lowest BCUT2D eigenvalue weighted by Gasteiger charge is -2.13. The second-order valence-electron chi connectivity index (χ2n) is 3.53. The summed E-state index contributed by atoms with van der Waals surface area (Å²) in [5, 5.41) is 29.6. The van der Waals surface area contributed by atoms with Crippen molar-refractivity contribution >= 4 is 36.1 Å². The number of nitriles is 1. The lowest BCUT2D eigenvalue weighted by atomic mass is 9.98. The Bertz CT molecular complexity index is 530. The number of nitro benzene ring substituents is 1. The quantitative estimate of drug-likeness (QED) is 0.372. The number of nitro groups is 1. The Labute approximate surface area is 120 Å². The minimum atomic E-state index is -0.912. The molecule has 0 aliphatic rings. The molecular weight excluding hydrogens is 371 g/mol. The topological polar surface area (TPSA) is 96.4 Å². The van der Waals surface area contributed by atoms with Crippen molar-refractivity contribution in [3.63, 3.8) is 0 Å². The second-order valence-corrected chi connectivity index (χ2v) is 4.93. The van der Waals surface area contributed by atoms with Crippen molar-refractivity contribution in [2.45, 2.75) is 20.0 Å². The summed E-state index contributed by atoms with van der Waals surface area (Å²) in [6.45, 7) is 3.02. The highest BCUT2D eigenvalue weighted by Crippen LogP contribution is 2.39. The van der Waals surface area contributed by atoms with E-state index in [-0.39, 0.29) is 17.0 Å². The Balaban J connectivity index is 3.48. The van der Waals surface area contributed by atoms with Crippen molar-refractivity contribution in [2.75, 3.05) is 0 Å². The summed E-state index contributed by atoms with van der Waals surface area (Å²) in [6, 6.07) is 3.45. The molecule has 96 valence electrons. The number of hydrogen-bond donors (Lipinski definition) is 1. The molecule has 0 radical (unpaired) electrons. The molecule has 0 fully saturated rings. The summed E-state index contributed by atoms with van der Waals surface area (Å²) < 4.78 is 5.13. The van der Waals surface area contributed by atoms with Gasteiger partial charge in [0, 0.05) is 32.3 Å². The van der Waals surface area contributed by atoms with E-state index < -0.39 is 11.0 Å². The van der Waals surface area contributed by atoms with E-state index in [0.717, 1.165) is 9.21 Å². The zero-order valence-electron chi connectivity index (χ0n) is 9.51. The lowest BCUT2D eigenvalue weighted by Crippen LogP contribution is -2.04. The van der Waals surface area contributed by atoms with Crippen LogP contribution in [0.4, 0.5) is 5.69 Å². The molecule has 0 amide bonds. The molecule has 0 saturated heterocycles. The third kappa shape index (κ3) is 2.85. The zero-order valence-corrected chi connectivity index (χ0v) is 12.5. The van der Waals surface area contributed by atoms with Crippen molar-refractivity contribution < 1.29 is 14.2 Å². The molecule has 1 rings (SSSR count). The maximum atomic E-state index is 10.9. The van der Waals surface area contributed by atoms with Gasteiger partial charge in [-0.15, -0.1) is 0 Å². The van der Waals surface area contributed by atoms with Crippen molar-refractivity contribution in [3.8, 4) is 11.8 Å². The molecule has 1 unspecified atom stereocenters. The van der Waals surface area contributed by atoms with Crippen LogP contribution in [0.2, 0.25) is 0 Å². The van der Waals surface area contributed by atoms with Crippen LogP contribution < -0.4 is 0 Å². The monoisotopic (exact) mass is 380 g/mol. The number of rotatable bonds is 4. The molecule has 1 aromatic rings. The largest absolute Gasteiger partial charge is 0.502 e. The van der Waals surface area contributed by atoms with Crippen LogP contribution in [0.1, 0.15) is 22.8 Å². The maximum Gasteiger partial charge on any atom is 0.314 e. The van der Waals surface area contributed by atoms with E-state index in [1.807, 2.05) is 27.3 Å². The average Bonchev–Trinajstić information content (AvgIpc) is 2.31. The van der Waals surface area contributed by atoms with E-state index in [2.05, 4.69) is 0 Å². The van der Waals surface area contributed by atoms with Gasteiger partial charge in [-0.1, -0.05) is 0 Å². The lowest BCUT2D eigenvalue weighted by molar-refractivity contribution is -0.386. The summed E-state index contributed by atoms with van der Waals surface area (Å²) in [5.74, 6) is -0.375. The van der Waals surface area contributed by atoms with Crippen LogP contribution in [0.3, 0.4) is 0 Å². The van der Waals surface area contributed by atoms with Gasteiger partial charge in [0.25, 0.3) is 0 Å². The molecule has 0 heterocycles. The molecule has 0 aliphatic heterocycles. The molecule has 1 atom stereocenters. The Hall–Kier alpha value is -1.05. The fourth-order valence-corrected chi connectivity index (χ4v) is 2.43. The number of hydrogen-bond acceptors (Lipinski definition) is 6. The predicted molar refractivity (Wildman–Crippen MR) is 75.3 cm³/mol. The molecule has 0 aromatic heterocycles. The fourth-order valence-electron chi connectivity index (χ4n) is 1.59. The first kappa shape index (κ1) is 15.0. The van der Waals surface area contributed by atoms with Gasteiger partial charge in [-0.05, 0) is 25.5 Å². The minimum Gasteiger partial charge on any atom is -0.502 e. The Morgan fingerprint density at radius 1 is 1.67 bits per heavy atom. The standard InChI is InChI=1S/C10H9IN2O4S/c1-5-3-7(8(4-12)17-18-11)6(2)9(10(5)14)13(15)16/h3,8,14H,1-2H3. The number of aryl methyl sites for hydroxylation is 1. The number of phenols is 1. The van der Waals surface area contributed by atoms with Gasteiger partial charge in [-0.2, -0.15) is 5.26 Å². The van der Waals surface area contributed by atoms with Crippen molar-refractivity contribution in [3.05, 3.63) is 32.9 Å². The zero-order chi connectivity index (χ0) is 13.9. The number of halogens is 1. The van der Waals surface area contributed by atoms with Gasteiger partial charge in [-0.3, -0.25) is 14.3 Å². The predicted octanol–water partition coefficient (Wildman–Crippen LogP) is 3.50. The van der Waals surface area contributed by atoms with E-state index in [1.54, 1.807) is 0 Å². The third-order valence-electron chi connectivity index (χ3n) is 2.47. The Kier molecular flexibility index (Phi) is 5.18. The Morgan fingerprint density at radius 3 is 2.72 bits per heavy atom. The van der Waals surface area contributed by atoms with Crippen molar-refractivity contribution in [2.24, 2.45) is 0 Å². The van der Waals surface area contributed by atoms with Crippen molar-refractivity contribution in [1.82, 2.24) is 0 Å². The van der Waals surface area contributed by atoms with E-state index in [9.17, 15) is 15.2 Å².